The molecule has 0 N–H and O–H groups in total. The number of esters is 1. The van der Waals surface area contributed by atoms with E-state index in [9.17, 15) is 23.6 Å². The maximum atomic E-state index is 12.9. The molecule has 2 amide bonds. The Morgan fingerprint density at radius 3 is 2.33 bits per heavy atom. The fourth-order valence-electron chi connectivity index (χ4n) is 3.05. The van der Waals surface area contributed by atoms with Crippen LogP contribution in [0.15, 0.2) is 65.3 Å². The quantitative estimate of drug-likeness (QED) is 0.354. The van der Waals surface area contributed by atoms with Crippen LogP contribution in [0, 0.1) is 5.82 Å². The van der Waals surface area contributed by atoms with Crippen molar-refractivity contribution in [2.24, 2.45) is 0 Å². The highest BCUT2D eigenvalue weighted by Crippen LogP contribution is 2.26. The highest BCUT2D eigenvalue weighted by molar-refractivity contribution is 6.21. The number of ketones is 1. The summed E-state index contributed by atoms with van der Waals surface area (Å²) in [4.78, 5) is 50.5. The van der Waals surface area contributed by atoms with Crippen LogP contribution in [-0.4, -0.2) is 35.1 Å². The zero-order valence-electron chi connectivity index (χ0n) is 15.5. The zero-order valence-corrected chi connectivity index (χ0v) is 15.5. The Hall–Kier alpha value is -4.07. The van der Waals surface area contributed by atoms with Crippen molar-refractivity contribution in [3.05, 3.63) is 94.7 Å². The van der Waals surface area contributed by atoms with Crippen LogP contribution >= 0.6 is 0 Å². The standard InChI is InChI=1S/C22H14FNO6/c23-15-6-3-13(4-7-15)19(25)12-30-22(28)14-5-8-17-18(10-14)21(27)24(20(17)26)11-16-2-1-9-29-16/h1-10H,11-12H2. The van der Waals surface area contributed by atoms with E-state index >= 15 is 0 Å². The highest BCUT2D eigenvalue weighted by atomic mass is 19.1. The van der Waals surface area contributed by atoms with Gasteiger partial charge in [0.2, 0.25) is 0 Å². The summed E-state index contributed by atoms with van der Waals surface area (Å²) in [6.07, 6.45) is 1.44. The summed E-state index contributed by atoms with van der Waals surface area (Å²) in [5, 5.41) is 0. The molecule has 0 saturated carbocycles. The molecule has 1 aromatic heterocycles. The number of Topliss-reactive ketones (excluding diaryl/α,β-unsaturated/α-hetero) is 1. The van der Waals surface area contributed by atoms with Gasteiger partial charge in [0.05, 0.1) is 29.5 Å². The molecule has 7 nitrogen and oxygen atoms in total. The van der Waals surface area contributed by atoms with E-state index in [0.717, 1.165) is 17.0 Å². The SMILES string of the molecule is O=C(COC(=O)c1ccc2c(c1)C(=O)N(Cc1ccco1)C2=O)c1ccc(F)cc1. The molecule has 0 aliphatic carbocycles. The van der Waals surface area contributed by atoms with E-state index in [1.807, 2.05) is 0 Å². The van der Waals surface area contributed by atoms with Gasteiger partial charge < -0.3 is 9.15 Å². The minimum atomic E-state index is -0.821. The Morgan fingerprint density at radius 1 is 0.933 bits per heavy atom. The first-order valence-electron chi connectivity index (χ1n) is 8.92. The summed E-state index contributed by atoms with van der Waals surface area (Å²) in [6, 6.07) is 12.1. The van der Waals surface area contributed by atoms with E-state index in [-0.39, 0.29) is 28.8 Å². The number of rotatable bonds is 6. The summed E-state index contributed by atoms with van der Waals surface area (Å²) in [5.74, 6) is -2.40. The number of fused-ring (bicyclic) bond motifs is 1. The monoisotopic (exact) mass is 407 g/mol. The lowest BCUT2D eigenvalue weighted by Crippen LogP contribution is -2.28. The summed E-state index contributed by atoms with van der Waals surface area (Å²) in [5.41, 5.74) is 0.477. The second-order valence-corrected chi connectivity index (χ2v) is 6.54. The average molecular weight is 407 g/mol. The van der Waals surface area contributed by atoms with Crippen molar-refractivity contribution >= 4 is 23.6 Å². The van der Waals surface area contributed by atoms with Crippen molar-refractivity contribution < 1.29 is 32.7 Å². The molecule has 0 unspecified atom stereocenters. The molecule has 0 radical (unpaired) electrons. The number of benzene rings is 2. The molecule has 8 heteroatoms. The van der Waals surface area contributed by atoms with E-state index in [1.165, 1.54) is 36.6 Å². The van der Waals surface area contributed by atoms with Gasteiger partial charge in [-0.05, 0) is 54.6 Å². The van der Waals surface area contributed by atoms with E-state index in [4.69, 9.17) is 9.15 Å². The molecular formula is C22H14FNO6. The van der Waals surface area contributed by atoms with E-state index in [1.54, 1.807) is 12.1 Å². The summed E-state index contributed by atoms with van der Waals surface area (Å²) >= 11 is 0. The normalized spacial score (nSPS) is 12.8. The van der Waals surface area contributed by atoms with Gasteiger partial charge in [-0.3, -0.25) is 19.3 Å². The number of carbonyl (C=O) groups is 4. The lowest BCUT2D eigenvalue weighted by atomic mass is 10.1. The molecule has 150 valence electrons. The van der Waals surface area contributed by atoms with Crippen LogP contribution in [0.1, 0.15) is 47.2 Å². The number of furan rings is 1. The van der Waals surface area contributed by atoms with Crippen molar-refractivity contribution in [3.63, 3.8) is 0 Å². The number of halogens is 1. The maximum absolute atomic E-state index is 12.9. The van der Waals surface area contributed by atoms with Crippen LogP contribution in [0.2, 0.25) is 0 Å². The number of carbonyl (C=O) groups excluding carboxylic acids is 4. The predicted octanol–water partition coefficient (Wildman–Crippen LogP) is 3.25. The van der Waals surface area contributed by atoms with Gasteiger partial charge in [-0.2, -0.15) is 0 Å². The van der Waals surface area contributed by atoms with Gasteiger partial charge in [-0.1, -0.05) is 0 Å². The van der Waals surface area contributed by atoms with Crippen molar-refractivity contribution in [3.8, 4) is 0 Å². The van der Waals surface area contributed by atoms with Crippen molar-refractivity contribution in [2.75, 3.05) is 6.61 Å². The topological polar surface area (TPSA) is 93.9 Å². The molecule has 0 atom stereocenters. The first-order chi connectivity index (χ1) is 14.4. The third-order valence-corrected chi connectivity index (χ3v) is 4.60. The fraction of sp³-hybridized carbons (Fsp3) is 0.0909. The Labute approximate surface area is 169 Å². The van der Waals surface area contributed by atoms with Crippen LogP contribution in [0.5, 0.6) is 0 Å². The first kappa shape index (κ1) is 19.3. The second-order valence-electron chi connectivity index (χ2n) is 6.54. The van der Waals surface area contributed by atoms with Gasteiger partial charge in [0.15, 0.2) is 12.4 Å². The largest absolute Gasteiger partial charge is 0.467 e. The summed E-state index contributed by atoms with van der Waals surface area (Å²) in [6.45, 7) is -0.565. The van der Waals surface area contributed by atoms with E-state index in [0.29, 0.717) is 5.76 Å². The molecule has 0 spiro atoms. The predicted molar refractivity (Wildman–Crippen MR) is 100 cm³/mol. The number of hydrogen-bond acceptors (Lipinski definition) is 6. The third-order valence-electron chi connectivity index (χ3n) is 4.60. The maximum Gasteiger partial charge on any atom is 0.338 e. The number of hydrogen-bond donors (Lipinski definition) is 0. The van der Waals surface area contributed by atoms with Crippen LogP contribution in [0.3, 0.4) is 0 Å². The number of nitrogens with zero attached hydrogens (tertiary/aromatic N) is 1. The number of amides is 2. The Kier molecular flexibility index (Phi) is 4.97. The van der Waals surface area contributed by atoms with Crippen LogP contribution in [0.4, 0.5) is 4.39 Å². The molecule has 3 aromatic rings. The number of imide groups is 1. The smallest absolute Gasteiger partial charge is 0.338 e. The van der Waals surface area contributed by atoms with Crippen molar-refractivity contribution in [1.82, 2.24) is 4.90 Å². The Balaban J connectivity index is 1.45. The zero-order chi connectivity index (χ0) is 21.3. The van der Waals surface area contributed by atoms with Crippen LogP contribution in [-0.2, 0) is 11.3 Å². The molecule has 2 aromatic carbocycles. The molecule has 0 bridgehead atoms. The molecule has 0 fully saturated rings. The minimum absolute atomic E-state index is 0.0225. The highest BCUT2D eigenvalue weighted by Gasteiger charge is 2.36. The van der Waals surface area contributed by atoms with Crippen LogP contribution < -0.4 is 0 Å². The summed E-state index contributed by atoms with van der Waals surface area (Å²) in [7, 11) is 0. The number of ether oxygens (including phenoxy) is 1. The molecule has 1 aliphatic heterocycles. The Morgan fingerprint density at radius 2 is 1.63 bits per heavy atom. The average Bonchev–Trinajstić information content (AvgIpc) is 3.35. The Bertz CT molecular complexity index is 1150. The summed E-state index contributed by atoms with van der Waals surface area (Å²) < 4.78 is 23.1. The van der Waals surface area contributed by atoms with Gasteiger partial charge in [0.1, 0.15) is 11.6 Å². The van der Waals surface area contributed by atoms with Crippen LogP contribution in [0.25, 0.3) is 0 Å². The van der Waals surface area contributed by atoms with Crippen molar-refractivity contribution in [1.29, 1.82) is 0 Å². The molecule has 4 rings (SSSR count). The molecular weight excluding hydrogens is 393 g/mol. The van der Waals surface area contributed by atoms with Gasteiger partial charge in [0, 0.05) is 5.56 Å². The van der Waals surface area contributed by atoms with Gasteiger partial charge in [-0.15, -0.1) is 0 Å². The first-order valence-corrected chi connectivity index (χ1v) is 8.92. The molecule has 1 aliphatic rings. The van der Waals surface area contributed by atoms with E-state index in [2.05, 4.69) is 0 Å². The van der Waals surface area contributed by atoms with E-state index < -0.39 is 36.0 Å². The lowest BCUT2D eigenvalue weighted by molar-refractivity contribution is 0.0474. The minimum Gasteiger partial charge on any atom is -0.467 e. The van der Waals surface area contributed by atoms with Gasteiger partial charge >= 0.3 is 5.97 Å². The third kappa shape index (κ3) is 3.62. The molecule has 0 saturated heterocycles. The lowest BCUT2D eigenvalue weighted by Gasteiger charge is -2.11. The second kappa shape index (κ2) is 7.75. The van der Waals surface area contributed by atoms with Gasteiger partial charge in [-0.25, -0.2) is 9.18 Å². The molecule has 2 heterocycles. The van der Waals surface area contributed by atoms with Crippen molar-refractivity contribution in [2.45, 2.75) is 6.54 Å². The van der Waals surface area contributed by atoms with Gasteiger partial charge in [0.25, 0.3) is 11.8 Å². The fourth-order valence-corrected chi connectivity index (χ4v) is 3.05. The molecule has 30 heavy (non-hydrogen) atoms.